The first-order valence-electron chi connectivity index (χ1n) is 6.65. The number of sulfonamides is 1. The molecule has 2 saturated heterocycles. The number of carbonyl (C=O) groups excluding carboxylic acids is 2. The number of nitrogens with zero attached hydrogens (tertiary/aromatic N) is 2. The Bertz CT molecular complexity index is 658. The van der Waals surface area contributed by atoms with Crippen LogP contribution in [0.3, 0.4) is 0 Å². The topological polar surface area (TPSA) is 86.8 Å². The molecule has 3 rings (SSSR count). The predicted molar refractivity (Wildman–Crippen MR) is 73.9 cm³/mol. The Hall–Kier alpha value is -1.93. The molecule has 0 bridgehead atoms. The second kappa shape index (κ2) is 5.12. The Morgan fingerprint density at radius 3 is 2.48 bits per heavy atom. The Morgan fingerprint density at radius 1 is 1.14 bits per heavy atom. The summed E-state index contributed by atoms with van der Waals surface area (Å²) in [4.78, 5) is 24.7. The van der Waals surface area contributed by atoms with Crippen LogP contribution in [0.15, 0.2) is 35.2 Å². The quantitative estimate of drug-likeness (QED) is 0.796. The molecule has 0 spiro atoms. The molecule has 2 fully saturated rings. The molecule has 8 heteroatoms. The molecule has 7 nitrogen and oxygen atoms in total. The van der Waals surface area contributed by atoms with Gasteiger partial charge in [0.15, 0.2) is 0 Å². The van der Waals surface area contributed by atoms with Crippen LogP contribution >= 0.6 is 0 Å². The van der Waals surface area contributed by atoms with Gasteiger partial charge in [-0.15, -0.1) is 0 Å². The van der Waals surface area contributed by atoms with Crippen molar-refractivity contribution in [3.05, 3.63) is 30.3 Å². The van der Waals surface area contributed by atoms with Gasteiger partial charge in [0.1, 0.15) is 0 Å². The summed E-state index contributed by atoms with van der Waals surface area (Å²) in [5.74, 6) is -0.302. The van der Waals surface area contributed by atoms with E-state index in [-0.39, 0.29) is 23.9 Å². The van der Waals surface area contributed by atoms with Crippen molar-refractivity contribution in [2.75, 3.05) is 19.6 Å². The molecule has 1 aromatic rings. The minimum absolute atomic E-state index is 0.0131. The first kappa shape index (κ1) is 14.0. The highest BCUT2D eigenvalue weighted by atomic mass is 32.2. The Labute approximate surface area is 122 Å². The van der Waals surface area contributed by atoms with E-state index in [1.807, 2.05) is 0 Å². The van der Waals surface area contributed by atoms with Crippen LogP contribution in [0, 0.1) is 0 Å². The minimum Gasteiger partial charge on any atom is -0.329 e. The van der Waals surface area contributed by atoms with Crippen LogP contribution < -0.4 is 5.32 Å². The second-order valence-electron chi connectivity index (χ2n) is 5.04. The van der Waals surface area contributed by atoms with Gasteiger partial charge in [0.25, 0.3) is 0 Å². The third-order valence-corrected chi connectivity index (χ3v) is 5.63. The van der Waals surface area contributed by atoms with Gasteiger partial charge in [-0.05, 0) is 18.6 Å². The summed E-state index contributed by atoms with van der Waals surface area (Å²) in [5.41, 5.74) is 0. The van der Waals surface area contributed by atoms with Gasteiger partial charge in [-0.3, -0.25) is 9.69 Å². The van der Waals surface area contributed by atoms with Gasteiger partial charge in [0.2, 0.25) is 15.9 Å². The lowest BCUT2D eigenvalue weighted by Crippen LogP contribution is -2.42. The van der Waals surface area contributed by atoms with E-state index in [9.17, 15) is 18.0 Å². The Kier molecular flexibility index (Phi) is 3.42. The molecule has 1 unspecified atom stereocenters. The van der Waals surface area contributed by atoms with E-state index in [1.165, 1.54) is 16.4 Å². The average Bonchev–Trinajstić information content (AvgIpc) is 3.07. The highest BCUT2D eigenvalue weighted by Gasteiger charge is 2.41. The maximum Gasteiger partial charge on any atom is 0.324 e. The number of rotatable bonds is 3. The highest BCUT2D eigenvalue weighted by molar-refractivity contribution is 7.89. The van der Waals surface area contributed by atoms with Crippen molar-refractivity contribution in [3.63, 3.8) is 0 Å². The van der Waals surface area contributed by atoms with E-state index in [4.69, 9.17) is 0 Å². The van der Waals surface area contributed by atoms with Gasteiger partial charge >= 0.3 is 6.03 Å². The van der Waals surface area contributed by atoms with Gasteiger partial charge in [-0.2, -0.15) is 4.31 Å². The molecule has 2 heterocycles. The number of hydrogen-bond acceptors (Lipinski definition) is 4. The number of nitrogens with one attached hydrogen (secondary N) is 1. The molecule has 3 amide bonds. The number of imide groups is 1. The van der Waals surface area contributed by atoms with Crippen LogP contribution in [-0.4, -0.2) is 55.2 Å². The van der Waals surface area contributed by atoms with E-state index in [1.54, 1.807) is 18.2 Å². The number of carbonyl (C=O) groups is 2. The van der Waals surface area contributed by atoms with E-state index >= 15 is 0 Å². The SMILES string of the molecule is O=C1CNC(=O)N1C1CCN(S(=O)(=O)c2ccccc2)C1. The fourth-order valence-corrected chi connectivity index (χ4v) is 4.20. The largest absolute Gasteiger partial charge is 0.329 e. The molecule has 0 saturated carbocycles. The van der Waals surface area contributed by atoms with E-state index in [0.29, 0.717) is 13.0 Å². The molecule has 0 aliphatic carbocycles. The summed E-state index contributed by atoms with van der Waals surface area (Å²) in [6.07, 6.45) is 0.464. The number of amides is 3. The molecule has 1 aromatic carbocycles. The van der Waals surface area contributed by atoms with Crippen molar-refractivity contribution < 1.29 is 18.0 Å². The van der Waals surface area contributed by atoms with Gasteiger partial charge in [0.05, 0.1) is 17.5 Å². The molecule has 112 valence electrons. The zero-order valence-corrected chi connectivity index (χ0v) is 12.0. The Balaban J connectivity index is 1.78. The lowest BCUT2D eigenvalue weighted by Gasteiger charge is -2.21. The molecule has 1 N–H and O–H groups in total. The van der Waals surface area contributed by atoms with Crippen molar-refractivity contribution in [1.82, 2.24) is 14.5 Å². The zero-order chi connectivity index (χ0) is 15.0. The number of hydrogen-bond donors (Lipinski definition) is 1. The van der Waals surface area contributed by atoms with Crippen molar-refractivity contribution in [1.29, 1.82) is 0 Å². The van der Waals surface area contributed by atoms with Crippen molar-refractivity contribution in [2.24, 2.45) is 0 Å². The summed E-state index contributed by atoms with van der Waals surface area (Å²) in [7, 11) is -3.57. The van der Waals surface area contributed by atoms with Crippen LogP contribution in [0.25, 0.3) is 0 Å². The fourth-order valence-electron chi connectivity index (χ4n) is 2.69. The van der Waals surface area contributed by atoms with Gasteiger partial charge in [0, 0.05) is 13.1 Å². The van der Waals surface area contributed by atoms with Crippen molar-refractivity contribution in [2.45, 2.75) is 17.4 Å². The molecular formula is C13H15N3O4S. The second-order valence-corrected chi connectivity index (χ2v) is 6.98. The van der Waals surface area contributed by atoms with Gasteiger partial charge in [-0.1, -0.05) is 18.2 Å². The fraction of sp³-hybridized carbons (Fsp3) is 0.385. The molecule has 2 aliphatic rings. The van der Waals surface area contributed by atoms with E-state index < -0.39 is 22.1 Å². The van der Waals surface area contributed by atoms with Gasteiger partial charge < -0.3 is 5.32 Å². The lowest BCUT2D eigenvalue weighted by atomic mass is 10.2. The van der Waals surface area contributed by atoms with Gasteiger partial charge in [-0.25, -0.2) is 13.2 Å². The first-order chi connectivity index (χ1) is 10.00. The third kappa shape index (κ3) is 2.40. The maximum atomic E-state index is 12.5. The minimum atomic E-state index is -3.57. The number of benzene rings is 1. The molecular weight excluding hydrogens is 294 g/mol. The smallest absolute Gasteiger partial charge is 0.324 e. The van der Waals surface area contributed by atoms with Crippen LogP contribution in [-0.2, 0) is 14.8 Å². The summed E-state index contributed by atoms with van der Waals surface area (Å²) in [6, 6.07) is 7.32. The molecule has 0 radical (unpaired) electrons. The summed E-state index contributed by atoms with van der Waals surface area (Å²) in [5, 5.41) is 2.45. The summed E-state index contributed by atoms with van der Waals surface area (Å²) >= 11 is 0. The molecule has 2 aliphatic heterocycles. The average molecular weight is 309 g/mol. The predicted octanol–water partition coefficient (Wildman–Crippen LogP) is 0.00140. The van der Waals surface area contributed by atoms with Crippen molar-refractivity contribution >= 4 is 22.0 Å². The van der Waals surface area contributed by atoms with Crippen molar-refractivity contribution in [3.8, 4) is 0 Å². The summed E-state index contributed by atoms with van der Waals surface area (Å²) < 4.78 is 26.3. The lowest BCUT2D eigenvalue weighted by molar-refractivity contribution is -0.126. The highest BCUT2D eigenvalue weighted by Crippen LogP contribution is 2.24. The number of urea groups is 1. The van der Waals surface area contributed by atoms with Crippen LogP contribution in [0.1, 0.15) is 6.42 Å². The van der Waals surface area contributed by atoms with Crippen LogP contribution in [0.5, 0.6) is 0 Å². The zero-order valence-electron chi connectivity index (χ0n) is 11.2. The Morgan fingerprint density at radius 2 is 1.86 bits per heavy atom. The first-order valence-corrected chi connectivity index (χ1v) is 8.09. The molecule has 1 atom stereocenters. The maximum absolute atomic E-state index is 12.5. The summed E-state index contributed by atoms with van der Waals surface area (Å²) in [6.45, 7) is 0.441. The molecule has 21 heavy (non-hydrogen) atoms. The van der Waals surface area contributed by atoms with Crippen LogP contribution in [0.2, 0.25) is 0 Å². The normalized spacial score (nSPS) is 23.6. The third-order valence-electron chi connectivity index (χ3n) is 3.75. The van der Waals surface area contributed by atoms with E-state index in [2.05, 4.69) is 5.32 Å². The van der Waals surface area contributed by atoms with Crippen LogP contribution in [0.4, 0.5) is 4.79 Å². The standard InChI is InChI=1S/C13H15N3O4S/c17-12-8-14-13(18)16(12)10-6-7-15(9-10)21(19,20)11-4-2-1-3-5-11/h1-5,10H,6-9H2,(H,14,18). The van der Waals surface area contributed by atoms with E-state index in [0.717, 1.165) is 4.90 Å². The molecule has 0 aromatic heterocycles. The monoisotopic (exact) mass is 309 g/mol.